The van der Waals surface area contributed by atoms with Crippen LogP contribution in [-0.4, -0.2) is 11.3 Å². The summed E-state index contributed by atoms with van der Waals surface area (Å²) in [5.74, 6) is 0.348. The van der Waals surface area contributed by atoms with Crippen molar-refractivity contribution < 1.29 is 4.79 Å². The highest BCUT2D eigenvalue weighted by molar-refractivity contribution is 5.79. The lowest BCUT2D eigenvalue weighted by Crippen LogP contribution is -2.43. The Hall–Kier alpha value is -1.15. The minimum atomic E-state index is -0.192. The van der Waals surface area contributed by atoms with Gasteiger partial charge in [0.05, 0.1) is 0 Å². The van der Waals surface area contributed by atoms with Crippen molar-refractivity contribution in [3.8, 4) is 0 Å². The van der Waals surface area contributed by atoms with Crippen molar-refractivity contribution in [2.75, 3.05) is 0 Å². The normalized spacial score (nSPS) is 18.2. The minimum Gasteiger partial charge on any atom is -0.325 e. The first kappa shape index (κ1) is 14.3. The van der Waals surface area contributed by atoms with Gasteiger partial charge in [-0.25, -0.2) is 0 Å². The van der Waals surface area contributed by atoms with Gasteiger partial charge in [0.2, 0.25) is 0 Å². The van der Waals surface area contributed by atoms with Crippen molar-refractivity contribution in [2.45, 2.75) is 63.3 Å². The van der Waals surface area contributed by atoms with E-state index in [1.807, 2.05) is 18.2 Å². The SMILES string of the molecule is NC1(CC(=O)CCCc2ccccc2)CCCCC1. The lowest BCUT2D eigenvalue weighted by molar-refractivity contribution is -0.120. The highest BCUT2D eigenvalue weighted by atomic mass is 16.1. The highest BCUT2D eigenvalue weighted by Crippen LogP contribution is 2.29. The lowest BCUT2D eigenvalue weighted by Gasteiger charge is -2.32. The van der Waals surface area contributed by atoms with Gasteiger partial charge < -0.3 is 5.73 Å². The molecule has 0 bridgehead atoms. The van der Waals surface area contributed by atoms with Crippen molar-refractivity contribution in [1.29, 1.82) is 0 Å². The molecule has 2 heteroatoms. The van der Waals surface area contributed by atoms with Gasteiger partial charge in [0.15, 0.2) is 0 Å². The number of carbonyl (C=O) groups excluding carboxylic acids is 1. The summed E-state index contributed by atoms with van der Waals surface area (Å²) in [6.45, 7) is 0. The molecule has 104 valence electrons. The fourth-order valence-electron chi connectivity index (χ4n) is 3.05. The Morgan fingerprint density at radius 2 is 1.79 bits per heavy atom. The van der Waals surface area contributed by atoms with Gasteiger partial charge >= 0.3 is 0 Å². The number of benzene rings is 1. The molecule has 1 aliphatic rings. The summed E-state index contributed by atoms with van der Waals surface area (Å²) in [5.41, 5.74) is 7.44. The number of nitrogens with two attached hydrogens (primary N) is 1. The Bertz CT molecular complexity index is 393. The third-order valence-corrected chi connectivity index (χ3v) is 4.16. The zero-order valence-corrected chi connectivity index (χ0v) is 11.7. The molecule has 1 aliphatic carbocycles. The summed E-state index contributed by atoms with van der Waals surface area (Å²) >= 11 is 0. The first-order valence-electron chi connectivity index (χ1n) is 7.52. The van der Waals surface area contributed by atoms with Crippen LogP contribution in [0.25, 0.3) is 0 Å². The maximum absolute atomic E-state index is 12.0. The lowest BCUT2D eigenvalue weighted by atomic mass is 9.78. The third kappa shape index (κ3) is 4.79. The van der Waals surface area contributed by atoms with Gasteiger partial charge in [0.1, 0.15) is 5.78 Å². The molecular weight excluding hydrogens is 234 g/mol. The fraction of sp³-hybridized carbons (Fsp3) is 0.588. The van der Waals surface area contributed by atoms with Crippen LogP contribution in [0.2, 0.25) is 0 Å². The van der Waals surface area contributed by atoms with Crippen LogP contribution in [0.15, 0.2) is 30.3 Å². The van der Waals surface area contributed by atoms with Crippen LogP contribution in [0.1, 0.15) is 56.9 Å². The molecule has 1 saturated carbocycles. The van der Waals surface area contributed by atoms with E-state index in [9.17, 15) is 4.79 Å². The molecule has 2 rings (SSSR count). The van der Waals surface area contributed by atoms with E-state index in [2.05, 4.69) is 12.1 Å². The molecule has 1 aromatic carbocycles. The Morgan fingerprint density at radius 1 is 1.11 bits per heavy atom. The smallest absolute Gasteiger partial charge is 0.134 e. The van der Waals surface area contributed by atoms with Crippen molar-refractivity contribution in [2.24, 2.45) is 5.73 Å². The second-order valence-corrected chi connectivity index (χ2v) is 5.98. The second kappa shape index (κ2) is 6.85. The standard InChI is InChI=1S/C17H25NO/c18-17(12-5-2-6-13-17)14-16(19)11-7-10-15-8-3-1-4-9-15/h1,3-4,8-9H,2,5-7,10-14,18H2. The van der Waals surface area contributed by atoms with E-state index in [-0.39, 0.29) is 5.54 Å². The molecule has 0 radical (unpaired) electrons. The van der Waals surface area contributed by atoms with E-state index in [4.69, 9.17) is 5.73 Å². The zero-order valence-electron chi connectivity index (χ0n) is 11.7. The van der Waals surface area contributed by atoms with Gasteiger partial charge in [0, 0.05) is 18.4 Å². The summed E-state index contributed by atoms with van der Waals surface area (Å²) in [6, 6.07) is 10.4. The fourth-order valence-corrected chi connectivity index (χ4v) is 3.05. The van der Waals surface area contributed by atoms with Gasteiger partial charge in [-0.15, -0.1) is 0 Å². The number of rotatable bonds is 6. The molecular formula is C17H25NO. The molecule has 0 aromatic heterocycles. The predicted octanol–water partition coefficient (Wildman–Crippen LogP) is 3.63. The Morgan fingerprint density at radius 3 is 2.47 bits per heavy atom. The Balaban J connectivity index is 1.70. The molecule has 0 atom stereocenters. The van der Waals surface area contributed by atoms with E-state index in [1.54, 1.807) is 0 Å². The van der Waals surface area contributed by atoms with Crippen LogP contribution >= 0.6 is 0 Å². The maximum atomic E-state index is 12.0. The Kier molecular flexibility index (Phi) is 5.15. The molecule has 1 aromatic rings. The van der Waals surface area contributed by atoms with Crippen molar-refractivity contribution in [1.82, 2.24) is 0 Å². The van der Waals surface area contributed by atoms with Crippen LogP contribution in [0.4, 0.5) is 0 Å². The molecule has 0 aliphatic heterocycles. The maximum Gasteiger partial charge on any atom is 0.134 e. The summed E-state index contributed by atoms with van der Waals surface area (Å²) in [4.78, 5) is 12.0. The van der Waals surface area contributed by atoms with E-state index in [1.165, 1.54) is 24.8 Å². The molecule has 0 amide bonds. The second-order valence-electron chi connectivity index (χ2n) is 5.98. The van der Waals surface area contributed by atoms with E-state index in [0.29, 0.717) is 18.6 Å². The molecule has 0 saturated heterocycles. The molecule has 0 spiro atoms. The summed E-state index contributed by atoms with van der Waals surface area (Å²) in [7, 11) is 0. The van der Waals surface area contributed by atoms with Crippen molar-refractivity contribution >= 4 is 5.78 Å². The first-order chi connectivity index (χ1) is 9.18. The van der Waals surface area contributed by atoms with E-state index in [0.717, 1.165) is 25.7 Å². The molecule has 2 nitrogen and oxygen atoms in total. The molecule has 1 fully saturated rings. The van der Waals surface area contributed by atoms with Gasteiger partial charge in [-0.2, -0.15) is 0 Å². The van der Waals surface area contributed by atoms with Crippen LogP contribution in [0.3, 0.4) is 0 Å². The average molecular weight is 259 g/mol. The van der Waals surface area contributed by atoms with E-state index >= 15 is 0 Å². The van der Waals surface area contributed by atoms with Crippen LogP contribution in [0.5, 0.6) is 0 Å². The number of aryl methyl sites for hydroxylation is 1. The first-order valence-corrected chi connectivity index (χ1v) is 7.52. The van der Waals surface area contributed by atoms with Gasteiger partial charge in [0.25, 0.3) is 0 Å². The van der Waals surface area contributed by atoms with Gasteiger partial charge in [-0.3, -0.25) is 4.79 Å². The molecule has 0 heterocycles. The summed E-state index contributed by atoms with van der Waals surface area (Å²) < 4.78 is 0. The van der Waals surface area contributed by atoms with Crippen molar-refractivity contribution in [3.05, 3.63) is 35.9 Å². The monoisotopic (exact) mass is 259 g/mol. The molecule has 0 unspecified atom stereocenters. The molecule has 19 heavy (non-hydrogen) atoms. The number of Topliss-reactive ketones (excluding diaryl/α,β-unsaturated/α-hetero) is 1. The number of hydrogen-bond acceptors (Lipinski definition) is 2. The summed E-state index contributed by atoms with van der Waals surface area (Å²) in [5, 5.41) is 0. The summed E-state index contributed by atoms with van der Waals surface area (Å²) in [6.07, 6.45) is 8.90. The van der Waals surface area contributed by atoms with E-state index < -0.39 is 0 Å². The van der Waals surface area contributed by atoms with Crippen LogP contribution in [-0.2, 0) is 11.2 Å². The molecule has 2 N–H and O–H groups in total. The third-order valence-electron chi connectivity index (χ3n) is 4.16. The number of hydrogen-bond donors (Lipinski definition) is 1. The minimum absolute atomic E-state index is 0.192. The average Bonchev–Trinajstić information content (AvgIpc) is 2.40. The number of carbonyl (C=O) groups is 1. The van der Waals surface area contributed by atoms with Gasteiger partial charge in [-0.1, -0.05) is 49.6 Å². The van der Waals surface area contributed by atoms with Gasteiger partial charge in [-0.05, 0) is 31.2 Å². The van der Waals surface area contributed by atoms with Crippen molar-refractivity contribution in [3.63, 3.8) is 0 Å². The quantitative estimate of drug-likeness (QED) is 0.847. The van der Waals surface area contributed by atoms with Crippen LogP contribution in [0, 0.1) is 0 Å². The zero-order chi connectivity index (χ0) is 13.6. The Labute approximate surface area is 116 Å². The van der Waals surface area contributed by atoms with Crippen LogP contribution < -0.4 is 5.73 Å². The predicted molar refractivity (Wildman–Crippen MR) is 79.0 cm³/mol. The topological polar surface area (TPSA) is 43.1 Å². The number of ketones is 1. The largest absolute Gasteiger partial charge is 0.325 e. The highest BCUT2D eigenvalue weighted by Gasteiger charge is 2.29.